The van der Waals surface area contributed by atoms with Crippen molar-refractivity contribution in [1.82, 2.24) is 3.97 Å². The van der Waals surface area contributed by atoms with E-state index in [9.17, 15) is 13.2 Å². The molecule has 0 saturated carbocycles. The summed E-state index contributed by atoms with van der Waals surface area (Å²) in [6.45, 7) is 0. The zero-order chi connectivity index (χ0) is 28.5. The highest BCUT2D eigenvalue weighted by Gasteiger charge is 2.33. The SMILES string of the molecule is COc1cc(-c2oc3c(OC)c(OC)c(OC)c(OC)c3c(=O)c2OC)c(S(=O)(=O)n2cccc2)cc1OC. The van der Waals surface area contributed by atoms with Gasteiger partial charge in [-0.3, -0.25) is 4.79 Å². The molecule has 0 amide bonds. The van der Waals surface area contributed by atoms with Crippen molar-refractivity contribution in [2.45, 2.75) is 4.90 Å². The second-order valence-electron chi connectivity index (χ2n) is 7.85. The number of hydrogen-bond acceptors (Lipinski definition) is 11. The predicted molar refractivity (Wildman–Crippen MR) is 141 cm³/mol. The number of hydrogen-bond donors (Lipinski definition) is 0. The van der Waals surface area contributed by atoms with Crippen LogP contribution in [0.1, 0.15) is 0 Å². The Morgan fingerprint density at radius 2 is 1.18 bits per heavy atom. The smallest absolute Gasteiger partial charge is 0.268 e. The van der Waals surface area contributed by atoms with E-state index in [1.54, 1.807) is 12.1 Å². The summed E-state index contributed by atoms with van der Waals surface area (Å²) >= 11 is 0. The van der Waals surface area contributed by atoms with Gasteiger partial charge in [0, 0.05) is 24.0 Å². The fraction of sp³-hybridized carbons (Fsp3) is 0.269. The van der Waals surface area contributed by atoms with Gasteiger partial charge in [0.2, 0.25) is 28.4 Å². The van der Waals surface area contributed by atoms with Crippen molar-refractivity contribution in [2.75, 3.05) is 49.8 Å². The van der Waals surface area contributed by atoms with E-state index in [0.717, 1.165) is 3.97 Å². The van der Waals surface area contributed by atoms with Gasteiger partial charge in [-0.2, -0.15) is 0 Å². The van der Waals surface area contributed by atoms with E-state index in [2.05, 4.69) is 0 Å². The lowest BCUT2D eigenvalue weighted by atomic mass is 10.1. The highest BCUT2D eigenvalue weighted by Crippen LogP contribution is 2.52. The quantitative estimate of drug-likeness (QED) is 0.281. The standard InChI is InChI=1S/C26H27NO11S/c1-31-15-12-14(17(13-16(15)32-2)39(29,30)27-10-8-9-11-27)20-23(34-4)19(28)18-21(33-3)24(35-5)26(37-7)25(36-6)22(18)38-20/h8-13H,1-7H3. The van der Waals surface area contributed by atoms with Crippen LogP contribution in [0.15, 0.2) is 50.8 Å². The Labute approximate surface area is 224 Å². The Balaban J connectivity index is 2.24. The summed E-state index contributed by atoms with van der Waals surface area (Å²) in [6, 6.07) is 5.78. The fourth-order valence-electron chi connectivity index (χ4n) is 4.27. The monoisotopic (exact) mass is 561 g/mol. The highest BCUT2D eigenvalue weighted by molar-refractivity contribution is 7.90. The third kappa shape index (κ3) is 4.24. The van der Waals surface area contributed by atoms with Gasteiger partial charge in [-0.1, -0.05) is 0 Å². The predicted octanol–water partition coefficient (Wildman–Crippen LogP) is 3.56. The molecule has 0 aliphatic heterocycles. The van der Waals surface area contributed by atoms with Crippen molar-refractivity contribution in [3.63, 3.8) is 0 Å². The summed E-state index contributed by atoms with van der Waals surface area (Å²) in [6.07, 6.45) is 2.74. The minimum atomic E-state index is -4.21. The fourth-order valence-corrected chi connectivity index (χ4v) is 5.64. The Morgan fingerprint density at radius 3 is 1.69 bits per heavy atom. The first-order valence-electron chi connectivity index (χ1n) is 11.3. The topological polar surface area (TPSA) is 134 Å². The maximum absolute atomic E-state index is 13.9. The Bertz CT molecular complexity index is 1690. The molecule has 208 valence electrons. The molecule has 12 nitrogen and oxygen atoms in total. The van der Waals surface area contributed by atoms with Crippen LogP contribution in [0.4, 0.5) is 0 Å². The molecule has 0 fully saturated rings. The number of fused-ring (bicyclic) bond motifs is 1. The van der Waals surface area contributed by atoms with Gasteiger partial charge in [0.05, 0.1) is 49.8 Å². The van der Waals surface area contributed by atoms with Crippen LogP contribution < -0.4 is 38.6 Å². The summed E-state index contributed by atoms with van der Waals surface area (Å²) in [5.74, 6) is 0.0168. The van der Waals surface area contributed by atoms with E-state index in [-0.39, 0.29) is 67.4 Å². The van der Waals surface area contributed by atoms with Crippen LogP contribution in [-0.2, 0) is 10.0 Å². The van der Waals surface area contributed by atoms with Gasteiger partial charge >= 0.3 is 0 Å². The number of benzene rings is 2. The molecule has 39 heavy (non-hydrogen) atoms. The van der Waals surface area contributed by atoms with Crippen LogP contribution in [-0.4, -0.2) is 62.2 Å². The highest BCUT2D eigenvalue weighted by atomic mass is 32.2. The summed E-state index contributed by atoms with van der Waals surface area (Å²) in [4.78, 5) is 13.7. The molecule has 0 spiro atoms. The molecule has 0 N–H and O–H groups in total. The van der Waals surface area contributed by atoms with E-state index in [1.807, 2.05) is 0 Å². The maximum Gasteiger partial charge on any atom is 0.268 e. The van der Waals surface area contributed by atoms with E-state index < -0.39 is 15.5 Å². The third-order valence-corrected chi connectivity index (χ3v) is 7.70. The zero-order valence-corrected chi connectivity index (χ0v) is 23.1. The molecule has 2 aromatic heterocycles. The van der Waals surface area contributed by atoms with Crippen LogP contribution >= 0.6 is 0 Å². The molecule has 0 bridgehead atoms. The number of methoxy groups -OCH3 is 7. The Morgan fingerprint density at radius 1 is 0.667 bits per heavy atom. The molecule has 0 atom stereocenters. The molecule has 4 aromatic rings. The molecule has 2 aromatic carbocycles. The van der Waals surface area contributed by atoms with E-state index in [1.165, 1.54) is 74.3 Å². The second kappa shape index (κ2) is 10.7. The van der Waals surface area contributed by atoms with Crippen molar-refractivity contribution in [3.8, 4) is 51.6 Å². The lowest BCUT2D eigenvalue weighted by Gasteiger charge is -2.20. The van der Waals surface area contributed by atoms with Gasteiger partial charge in [0.1, 0.15) is 10.3 Å². The number of rotatable bonds is 10. The van der Waals surface area contributed by atoms with Gasteiger partial charge in [-0.25, -0.2) is 12.4 Å². The normalized spacial score (nSPS) is 11.3. The maximum atomic E-state index is 13.9. The number of aromatic nitrogens is 1. The molecule has 0 unspecified atom stereocenters. The van der Waals surface area contributed by atoms with Crippen molar-refractivity contribution in [2.24, 2.45) is 0 Å². The third-order valence-electron chi connectivity index (χ3n) is 6.01. The first-order chi connectivity index (χ1) is 18.7. The van der Waals surface area contributed by atoms with E-state index >= 15 is 0 Å². The molecular weight excluding hydrogens is 534 g/mol. The minimum Gasteiger partial charge on any atom is -0.493 e. The average Bonchev–Trinajstić information content (AvgIpc) is 3.51. The lowest BCUT2D eigenvalue weighted by Crippen LogP contribution is -2.15. The average molecular weight is 562 g/mol. The van der Waals surface area contributed by atoms with Crippen LogP contribution in [0.3, 0.4) is 0 Å². The van der Waals surface area contributed by atoms with Gasteiger partial charge in [-0.05, 0) is 18.2 Å². The van der Waals surface area contributed by atoms with Crippen LogP contribution in [0.2, 0.25) is 0 Å². The number of ether oxygens (including phenoxy) is 7. The van der Waals surface area contributed by atoms with Gasteiger partial charge in [0.25, 0.3) is 10.0 Å². The molecule has 0 saturated heterocycles. The Hall–Kier alpha value is -4.52. The molecule has 0 aliphatic rings. The van der Waals surface area contributed by atoms with Crippen molar-refractivity contribution >= 4 is 21.0 Å². The van der Waals surface area contributed by atoms with Crippen molar-refractivity contribution in [1.29, 1.82) is 0 Å². The number of nitrogens with zero attached hydrogens (tertiary/aromatic N) is 1. The minimum absolute atomic E-state index is 0.0104. The van der Waals surface area contributed by atoms with Gasteiger partial charge in [0.15, 0.2) is 28.6 Å². The molecule has 13 heteroatoms. The van der Waals surface area contributed by atoms with Crippen molar-refractivity contribution in [3.05, 3.63) is 46.9 Å². The molecular formula is C26H27NO11S. The summed E-state index contributed by atoms with van der Waals surface area (Å²) in [5, 5.41) is -0.0668. The largest absolute Gasteiger partial charge is 0.493 e. The summed E-state index contributed by atoms with van der Waals surface area (Å²) in [7, 11) is 5.26. The summed E-state index contributed by atoms with van der Waals surface area (Å²) in [5.41, 5.74) is -0.802. The summed E-state index contributed by atoms with van der Waals surface area (Å²) < 4.78 is 73.0. The van der Waals surface area contributed by atoms with Crippen molar-refractivity contribution < 1.29 is 46.0 Å². The van der Waals surface area contributed by atoms with Crippen LogP contribution in [0, 0.1) is 0 Å². The van der Waals surface area contributed by atoms with Crippen LogP contribution in [0.25, 0.3) is 22.3 Å². The second-order valence-corrected chi connectivity index (χ2v) is 9.66. The van der Waals surface area contributed by atoms with Crippen LogP contribution in [0.5, 0.6) is 40.2 Å². The molecule has 2 heterocycles. The molecule has 0 aliphatic carbocycles. The lowest BCUT2D eigenvalue weighted by molar-refractivity contribution is 0.306. The first kappa shape index (κ1) is 27.5. The molecule has 0 radical (unpaired) electrons. The van der Waals surface area contributed by atoms with E-state index in [4.69, 9.17) is 37.6 Å². The first-order valence-corrected chi connectivity index (χ1v) is 12.7. The van der Waals surface area contributed by atoms with Gasteiger partial charge < -0.3 is 37.6 Å². The van der Waals surface area contributed by atoms with Gasteiger partial charge in [-0.15, -0.1) is 0 Å². The Kier molecular flexibility index (Phi) is 7.54. The van der Waals surface area contributed by atoms with E-state index in [0.29, 0.717) is 0 Å². The zero-order valence-electron chi connectivity index (χ0n) is 22.3. The molecule has 4 rings (SSSR count).